The second kappa shape index (κ2) is 4.99. The first-order valence-corrected chi connectivity index (χ1v) is 5.22. The molecule has 0 bridgehead atoms. The Balaban J connectivity index is 2.85. The van der Waals surface area contributed by atoms with Crippen LogP contribution in [-0.4, -0.2) is 20.1 Å². The lowest BCUT2D eigenvalue weighted by atomic mass is 10.1. The van der Waals surface area contributed by atoms with Crippen molar-refractivity contribution < 1.29 is 0 Å². The lowest BCUT2D eigenvalue weighted by Crippen LogP contribution is -2.15. The normalized spacial score (nSPS) is 13.8. The van der Waals surface area contributed by atoms with Crippen LogP contribution in [0.3, 0.4) is 0 Å². The summed E-state index contributed by atoms with van der Waals surface area (Å²) in [6.07, 6.45) is 2.13. The molecule has 1 aromatic carbocycles. The fraction of sp³-hybridized carbons (Fsp3) is 0.385. The molecule has 1 aromatic rings. The Kier molecular flexibility index (Phi) is 3.92. The van der Waals surface area contributed by atoms with E-state index in [0.717, 1.165) is 0 Å². The first-order chi connectivity index (χ1) is 7.00. The van der Waals surface area contributed by atoms with Gasteiger partial charge in [0, 0.05) is 25.8 Å². The lowest BCUT2D eigenvalue weighted by molar-refractivity contribution is 0.868. The van der Waals surface area contributed by atoms with E-state index < -0.39 is 0 Å². The van der Waals surface area contributed by atoms with Gasteiger partial charge >= 0.3 is 0 Å². The highest BCUT2D eigenvalue weighted by molar-refractivity contribution is 5.57. The highest BCUT2D eigenvalue weighted by Gasteiger charge is 1.98. The number of hydrogen-bond donors (Lipinski definition) is 1. The maximum absolute atomic E-state index is 5.79. The van der Waals surface area contributed by atoms with Crippen molar-refractivity contribution in [3.8, 4) is 0 Å². The van der Waals surface area contributed by atoms with Crippen LogP contribution in [0, 0.1) is 0 Å². The van der Waals surface area contributed by atoms with Crippen LogP contribution >= 0.6 is 0 Å². The molecule has 0 spiro atoms. The van der Waals surface area contributed by atoms with Crippen LogP contribution in [0.25, 0.3) is 6.08 Å². The maximum Gasteiger partial charge on any atom is 0.0361 e. The molecule has 0 aromatic heterocycles. The fourth-order valence-electron chi connectivity index (χ4n) is 1.26. The molecule has 2 N–H and O–H groups in total. The van der Waals surface area contributed by atoms with Gasteiger partial charge in [-0.1, -0.05) is 23.8 Å². The molecule has 0 saturated heterocycles. The van der Waals surface area contributed by atoms with Crippen LogP contribution in [0.2, 0.25) is 0 Å². The van der Waals surface area contributed by atoms with Crippen LogP contribution in [0.15, 0.2) is 29.8 Å². The fourth-order valence-corrected chi connectivity index (χ4v) is 1.26. The Morgan fingerprint density at radius 1 is 1.27 bits per heavy atom. The van der Waals surface area contributed by atoms with Gasteiger partial charge in [0.05, 0.1) is 0 Å². The zero-order chi connectivity index (χ0) is 11.4. The minimum absolute atomic E-state index is 0.124. The lowest BCUT2D eigenvalue weighted by Gasteiger charge is -2.12. The van der Waals surface area contributed by atoms with Gasteiger partial charge in [0.2, 0.25) is 0 Å². The monoisotopic (exact) mass is 204 g/mol. The third-order valence-electron chi connectivity index (χ3n) is 2.52. The van der Waals surface area contributed by atoms with E-state index in [9.17, 15) is 0 Å². The Morgan fingerprint density at radius 3 is 2.20 bits per heavy atom. The van der Waals surface area contributed by atoms with Crippen LogP contribution < -0.4 is 10.6 Å². The second-order valence-electron chi connectivity index (χ2n) is 4.16. The number of nitrogens with zero attached hydrogens (tertiary/aromatic N) is 1. The number of benzene rings is 1. The zero-order valence-corrected chi connectivity index (χ0v) is 9.99. The average molecular weight is 204 g/mol. The summed E-state index contributed by atoms with van der Waals surface area (Å²) in [4.78, 5) is 2.09. The van der Waals surface area contributed by atoms with E-state index in [2.05, 4.69) is 42.2 Å². The molecule has 0 saturated carbocycles. The van der Waals surface area contributed by atoms with E-state index >= 15 is 0 Å². The molecule has 15 heavy (non-hydrogen) atoms. The van der Waals surface area contributed by atoms with Crippen molar-refractivity contribution >= 4 is 11.8 Å². The number of anilines is 1. The summed E-state index contributed by atoms with van der Waals surface area (Å²) in [5.41, 5.74) is 9.40. The maximum atomic E-state index is 5.79. The number of hydrogen-bond acceptors (Lipinski definition) is 2. The van der Waals surface area contributed by atoms with Crippen molar-refractivity contribution in [1.82, 2.24) is 0 Å². The predicted octanol–water partition coefficient (Wildman–Crippen LogP) is 2.50. The zero-order valence-electron chi connectivity index (χ0n) is 9.99. The number of nitrogens with two attached hydrogens (primary N) is 1. The van der Waals surface area contributed by atoms with Crippen molar-refractivity contribution in [3.05, 3.63) is 35.4 Å². The van der Waals surface area contributed by atoms with Crippen LogP contribution in [0.5, 0.6) is 0 Å². The van der Waals surface area contributed by atoms with E-state index in [1.165, 1.54) is 16.8 Å². The van der Waals surface area contributed by atoms with Crippen LogP contribution in [0.1, 0.15) is 19.4 Å². The van der Waals surface area contributed by atoms with Gasteiger partial charge in [-0.25, -0.2) is 0 Å². The predicted molar refractivity (Wildman–Crippen MR) is 68.1 cm³/mol. The van der Waals surface area contributed by atoms with Gasteiger partial charge in [-0.15, -0.1) is 0 Å². The van der Waals surface area contributed by atoms with Crippen molar-refractivity contribution in [1.29, 1.82) is 0 Å². The number of rotatable bonds is 3. The molecule has 1 unspecified atom stereocenters. The summed E-state index contributed by atoms with van der Waals surface area (Å²) in [5, 5.41) is 0. The minimum Gasteiger partial charge on any atom is -0.378 e. The van der Waals surface area contributed by atoms with E-state index in [-0.39, 0.29) is 6.04 Å². The third-order valence-corrected chi connectivity index (χ3v) is 2.52. The molecule has 1 rings (SSSR count). The standard InChI is InChI=1S/C13H20N2/c1-10(11(2)14)9-12-5-7-13(8-6-12)15(3)4/h5-9,11H,14H2,1-4H3/b10-9+. The van der Waals surface area contributed by atoms with Crippen LogP contribution in [-0.2, 0) is 0 Å². The molecule has 0 aliphatic carbocycles. The molecule has 1 atom stereocenters. The van der Waals surface area contributed by atoms with E-state index in [0.29, 0.717) is 0 Å². The first-order valence-electron chi connectivity index (χ1n) is 5.22. The molecule has 0 radical (unpaired) electrons. The van der Waals surface area contributed by atoms with Crippen molar-refractivity contribution in [2.24, 2.45) is 5.73 Å². The third kappa shape index (κ3) is 3.40. The van der Waals surface area contributed by atoms with E-state index in [1.54, 1.807) is 0 Å². The van der Waals surface area contributed by atoms with Gasteiger partial charge in [0.15, 0.2) is 0 Å². The molecule has 0 aliphatic rings. The van der Waals surface area contributed by atoms with E-state index in [1.807, 2.05) is 21.0 Å². The Hall–Kier alpha value is -1.28. The molecule has 0 amide bonds. The Labute approximate surface area is 92.4 Å². The summed E-state index contributed by atoms with van der Waals surface area (Å²) in [6.45, 7) is 4.06. The highest BCUT2D eigenvalue weighted by atomic mass is 15.1. The summed E-state index contributed by atoms with van der Waals surface area (Å²) >= 11 is 0. The SMILES string of the molecule is C/C(=C\c1ccc(N(C)C)cc1)C(C)N. The van der Waals surface area contributed by atoms with Crippen molar-refractivity contribution in [3.63, 3.8) is 0 Å². The molecular formula is C13H20N2. The smallest absolute Gasteiger partial charge is 0.0361 e. The highest BCUT2D eigenvalue weighted by Crippen LogP contribution is 2.15. The average Bonchev–Trinajstić information content (AvgIpc) is 2.18. The molecule has 82 valence electrons. The van der Waals surface area contributed by atoms with Gasteiger partial charge in [-0.3, -0.25) is 0 Å². The van der Waals surface area contributed by atoms with Crippen LogP contribution in [0.4, 0.5) is 5.69 Å². The summed E-state index contributed by atoms with van der Waals surface area (Å²) < 4.78 is 0. The van der Waals surface area contributed by atoms with Crippen molar-refractivity contribution in [2.45, 2.75) is 19.9 Å². The molecule has 2 heteroatoms. The first kappa shape index (κ1) is 11.8. The van der Waals surface area contributed by atoms with Gasteiger partial charge in [-0.05, 0) is 31.5 Å². The largest absolute Gasteiger partial charge is 0.378 e. The topological polar surface area (TPSA) is 29.3 Å². The van der Waals surface area contributed by atoms with Gasteiger partial charge < -0.3 is 10.6 Å². The van der Waals surface area contributed by atoms with Gasteiger partial charge in [0.25, 0.3) is 0 Å². The molecule has 2 nitrogen and oxygen atoms in total. The molecule has 0 fully saturated rings. The Bertz CT molecular complexity index is 334. The van der Waals surface area contributed by atoms with Crippen molar-refractivity contribution in [2.75, 3.05) is 19.0 Å². The molecule has 0 heterocycles. The summed E-state index contributed by atoms with van der Waals surface area (Å²) in [6, 6.07) is 8.57. The summed E-state index contributed by atoms with van der Waals surface area (Å²) in [7, 11) is 4.08. The Morgan fingerprint density at radius 2 is 1.80 bits per heavy atom. The van der Waals surface area contributed by atoms with Gasteiger partial charge in [0.1, 0.15) is 0 Å². The van der Waals surface area contributed by atoms with E-state index in [4.69, 9.17) is 5.73 Å². The van der Waals surface area contributed by atoms with Gasteiger partial charge in [-0.2, -0.15) is 0 Å². The molecule has 0 aliphatic heterocycles. The minimum atomic E-state index is 0.124. The molecular weight excluding hydrogens is 184 g/mol. The second-order valence-corrected chi connectivity index (χ2v) is 4.16. The summed E-state index contributed by atoms with van der Waals surface area (Å²) in [5.74, 6) is 0. The quantitative estimate of drug-likeness (QED) is 0.819.